The number of likely N-dealkylation sites (tertiary alicyclic amines) is 1. The van der Waals surface area contributed by atoms with E-state index in [1.807, 2.05) is 45.1 Å². The highest BCUT2D eigenvalue weighted by Crippen LogP contribution is 2.35. The summed E-state index contributed by atoms with van der Waals surface area (Å²) in [6.45, 7) is 4.87. The number of imide groups is 1. The number of hydrogen-bond acceptors (Lipinski definition) is 6. The molecule has 2 aliphatic rings. The molecule has 2 N–H and O–H groups in total. The van der Waals surface area contributed by atoms with Crippen molar-refractivity contribution in [2.45, 2.75) is 40.0 Å². The number of allylic oxidation sites excluding steroid dienone is 2. The molecule has 1 heterocycles. The molecular weight excluding hydrogens is 426 g/mol. The summed E-state index contributed by atoms with van der Waals surface area (Å²) < 4.78 is 4.91. The molecule has 9 heteroatoms. The number of nitrogens with one attached hydrogen (secondary N) is 2. The first-order chi connectivity index (χ1) is 15.7. The van der Waals surface area contributed by atoms with Crippen LogP contribution < -0.4 is 10.6 Å². The summed E-state index contributed by atoms with van der Waals surface area (Å²) in [6, 6.07) is 3.91. The monoisotopic (exact) mass is 455 g/mol. The molecule has 1 aromatic carbocycles. The van der Waals surface area contributed by atoms with Gasteiger partial charge >= 0.3 is 5.97 Å². The molecule has 1 aliphatic carbocycles. The number of carbonyl (C=O) groups is 5. The maximum absolute atomic E-state index is 12.4. The zero-order chi connectivity index (χ0) is 24.1. The molecule has 3 rings (SSSR count). The van der Waals surface area contributed by atoms with Gasteiger partial charge in [0.05, 0.1) is 24.8 Å². The first kappa shape index (κ1) is 24.2. The van der Waals surface area contributed by atoms with E-state index in [2.05, 4.69) is 10.6 Å². The van der Waals surface area contributed by atoms with Crippen LogP contribution in [0.3, 0.4) is 0 Å². The molecule has 1 aromatic rings. The van der Waals surface area contributed by atoms with Gasteiger partial charge in [0, 0.05) is 12.2 Å². The number of carbonyl (C=O) groups excluding carboxylic acids is 5. The van der Waals surface area contributed by atoms with E-state index in [1.54, 1.807) is 0 Å². The van der Waals surface area contributed by atoms with Gasteiger partial charge in [-0.1, -0.05) is 29.8 Å². The summed E-state index contributed by atoms with van der Waals surface area (Å²) in [5.41, 5.74) is 3.64. The van der Waals surface area contributed by atoms with Crippen LogP contribution in [0.2, 0.25) is 0 Å². The zero-order valence-electron chi connectivity index (χ0n) is 19.1. The number of amides is 4. The van der Waals surface area contributed by atoms with E-state index < -0.39 is 24.4 Å². The van der Waals surface area contributed by atoms with Crippen LogP contribution in [0, 0.1) is 32.6 Å². The zero-order valence-corrected chi connectivity index (χ0v) is 19.1. The van der Waals surface area contributed by atoms with Crippen molar-refractivity contribution in [3.8, 4) is 0 Å². The second-order valence-corrected chi connectivity index (χ2v) is 8.49. The summed E-state index contributed by atoms with van der Waals surface area (Å²) in [4.78, 5) is 61.9. The fourth-order valence-electron chi connectivity index (χ4n) is 4.30. The summed E-state index contributed by atoms with van der Waals surface area (Å²) in [5.74, 6) is -2.93. The van der Waals surface area contributed by atoms with Crippen molar-refractivity contribution in [3.05, 3.63) is 41.0 Å². The first-order valence-electron chi connectivity index (χ1n) is 11.0. The van der Waals surface area contributed by atoms with Crippen LogP contribution in [0.4, 0.5) is 5.69 Å². The Bertz CT molecular complexity index is 966. The molecule has 0 saturated carbocycles. The van der Waals surface area contributed by atoms with Crippen LogP contribution in [-0.4, -0.2) is 54.2 Å². The summed E-state index contributed by atoms with van der Waals surface area (Å²) in [6.07, 6.45) is 4.67. The Balaban J connectivity index is 1.37. The Hall–Kier alpha value is -3.49. The molecule has 1 saturated heterocycles. The largest absolute Gasteiger partial charge is 0.456 e. The first-order valence-corrected chi connectivity index (χ1v) is 11.0. The van der Waals surface area contributed by atoms with E-state index >= 15 is 0 Å². The molecule has 0 spiro atoms. The Morgan fingerprint density at radius 1 is 0.970 bits per heavy atom. The van der Waals surface area contributed by atoms with E-state index in [4.69, 9.17) is 4.74 Å². The summed E-state index contributed by atoms with van der Waals surface area (Å²) in [7, 11) is 0. The van der Waals surface area contributed by atoms with Gasteiger partial charge in [-0.25, -0.2) is 0 Å². The summed E-state index contributed by atoms with van der Waals surface area (Å²) >= 11 is 0. The minimum absolute atomic E-state index is 0.0667. The van der Waals surface area contributed by atoms with Crippen molar-refractivity contribution < 1.29 is 28.7 Å². The van der Waals surface area contributed by atoms with E-state index in [0.717, 1.165) is 21.6 Å². The Morgan fingerprint density at radius 2 is 1.55 bits per heavy atom. The lowest BCUT2D eigenvalue weighted by Crippen LogP contribution is -2.36. The average molecular weight is 456 g/mol. The number of anilines is 1. The third-order valence-corrected chi connectivity index (χ3v) is 5.89. The second-order valence-electron chi connectivity index (χ2n) is 8.49. The van der Waals surface area contributed by atoms with Gasteiger partial charge in [0.15, 0.2) is 6.61 Å². The smallest absolute Gasteiger partial charge is 0.308 e. The standard InChI is InChI=1S/C24H29N3O6/c1-14-10-15(2)22(16(3)11-14)26-19(28)12-25-20(29)13-33-21(30)8-9-27-23(31)17-6-4-5-7-18(17)24(27)32/h4-5,10-11,17-18H,6-9,12-13H2,1-3H3,(H,25,29)(H,26,28). The molecule has 33 heavy (non-hydrogen) atoms. The predicted octanol–water partition coefficient (Wildman–Crippen LogP) is 1.55. The minimum Gasteiger partial charge on any atom is -0.456 e. The second kappa shape index (κ2) is 10.4. The molecule has 0 bridgehead atoms. The van der Waals surface area contributed by atoms with Crippen LogP contribution in [0.1, 0.15) is 36.0 Å². The van der Waals surface area contributed by atoms with Crippen LogP contribution in [0.25, 0.3) is 0 Å². The number of benzene rings is 1. The number of rotatable bonds is 8. The van der Waals surface area contributed by atoms with E-state index in [-0.39, 0.29) is 43.2 Å². The SMILES string of the molecule is Cc1cc(C)c(NC(=O)CNC(=O)COC(=O)CCN2C(=O)C3CC=CCC3C2=O)c(C)c1. The highest BCUT2D eigenvalue weighted by Gasteiger charge is 2.46. The van der Waals surface area contributed by atoms with Crippen molar-refractivity contribution in [2.24, 2.45) is 11.8 Å². The number of hydrogen-bond donors (Lipinski definition) is 2. The topological polar surface area (TPSA) is 122 Å². The molecule has 0 radical (unpaired) electrons. The van der Waals surface area contributed by atoms with Crippen molar-refractivity contribution in [1.29, 1.82) is 0 Å². The fraction of sp³-hybridized carbons (Fsp3) is 0.458. The van der Waals surface area contributed by atoms with Gasteiger partial charge < -0.3 is 15.4 Å². The molecule has 4 amide bonds. The van der Waals surface area contributed by atoms with Crippen molar-refractivity contribution >= 4 is 35.3 Å². The van der Waals surface area contributed by atoms with Gasteiger partial charge in [-0.15, -0.1) is 0 Å². The fourth-order valence-corrected chi connectivity index (χ4v) is 4.30. The van der Waals surface area contributed by atoms with Gasteiger partial charge in [-0.05, 0) is 44.7 Å². The highest BCUT2D eigenvalue weighted by atomic mass is 16.5. The predicted molar refractivity (Wildman–Crippen MR) is 120 cm³/mol. The summed E-state index contributed by atoms with van der Waals surface area (Å²) in [5, 5.41) is 5.17. The normalized spacial score (nSPS) is 19.3. The molecule has 2 unspecified atom stereocenters. The number of ether oxygens (including phenoxy) is 1. The molecular formula is C24H29N3O6. The molecule has 1 aliphatic heterocycles. The quantitative estimate of drug-likeness (QED) is 0.348. The number of aryl methyl sites for hydroxylation is 3. The number of fused-ring (bicyclic) bond motifs is 1. The van der Waals surface area contributed by atoms with Crippen molar-refractivity contribution in [3.63, 3.8) is 0 Å². The molecule has 2 atom stereocenters. The van der Waals surface area contributed by atoms with Gasteiger partial charge in [0.1, 0.15) is 0 Å². The number of esters is 1. The minimum atomic E-state index is -0.700. The Labute approximate surface area is 192 Å². The van der Waals surface area contributed by atoms with Crippen LogP contribution in [0.15, 0.2) is 24.3 Å². The molecule has 1 fully saturated rings. The van der Waals surface area contributed by atoms with Crippen LogP contribution in [-0.2, 0) is 28.7 Å². The Kier molecular flexibility index (Phi) is 7.63. The van der Waals surface area contributed by atoms with Gasteiger partial charge in [-0.3, -0.25) is 28.9 Å². The molecule has 0 aromatic heterocycles. The van der Waals surface area contributed by atoms with Crippen LogP contribution in [0.5, 0.6) is 0 Å². The van der Waals surface area contributed by atoms with Gasteiger partial charge in [-0.2, -0.15) is 0 Å². The Morgan fingerprint density at radius 3 is 2.12 bits per heavy atom. The lowest BCUT2D eigenvalue weighted by molar-refractivity contribution is -0.149. The van der Waals surface area contributed by atoms with E-state index in [0.29, 0.717) is 18.5 Å². The molecule has 176 valence electrons. The van der Waals surface area contributed by atoms with Crippen molar-refractivity contribution in [2.75, 3.05) is 25.0 Å². The maximum Gasteiger partial charge on any atom is 0.308 e. The lowest BCUT2D eigenvalue weighted by atomic mass is 9.85. The van der Waals surface area contributed by atoms with E-state index in [1.165, 1.54) is 0 Å². The van der Waals surface area contributed by atoms with Gasteiger partial charge in [0.2, 0.25) is 17.7 Å². The number of nitrogens with zero attached hydrogens (tertiary/aromatic N) is 1. The molecule has 9 nitrogen and oxygen atoms in total. The third kappa shape index (κ3) is 5.85. The van der Waals surface area contributed by atoms with E-state index in [9.17, 15) is 24.0 Å². The van der Waals surface area contributed by atoms with Gasteiger partial charge in [0.25, 0.3) is 5.91 Å². The maximum atomic E-state index is 12.4. The lowest BCUT2D eigenvalue weighted by Gasteiger charge is -2.14. The third-order valence-electron chi connectivity index (χ3n) is 5.89. The van der Waals surface area contributed by atoms with Crippen LogP contribution >= 0.6 is 0 Å². The van der Waals surface area contributed by atoms with Crippen molar-refractivity contribution in [1.82, 2.24) is 10.2 Å². The average Bonchev–Trinajstić information content (AvgIpc) is 3.02. The highest BCUT2D eigenvalue weighted by molar-refractivity contribution is 6.05.